The molecule has 0 fully saturated rings. The van der Waals surface area contributed by atoms with Crippen molar-refractivity contribution in [2.45, 2.75) is 19.4 Å². The zero-order chi connectivity index (χ0) is 16.7. The van der Waals surface area contributed by atoms with Crippen LogP contribution in [0, 0.1) is 0 Å². The van der Waals surface area contributed by atoms with Crippen molar-refractivity contribution in [3.63, 3.8) is 0 Å². The highest BCUT2D eigenvalue weighted by atomic mass is 35.5. The predicted octanol–water partition coefficient (Wildman–Crippen LogP) is 4.42. The number of rotatable bonds is 8. The van der Waals surface area contributed by atoms with Gasteiger partial charge in [-0.15, -0.1) is 0 Å². The first-order valence-electron chi connectivity index (χ1n) is 7.78. The monoisotopic (exact) mass is 333 g/mol. The number of halogens is 1. The summed E-state index contributed by atoms with van der Waals surface area (Å²) in [6, 6.07) is 13.8. The normalized spacial score (nSPS) is 10.8. The van der Waals surface area contributed by atoms with Crippen LogP contribution in [0.25, 0.3) is 0 Å². The number of hydrogen-bond acceptors (Lipinski definition) is 3. The van der Waals surface area contributed by atoms with Gasteiger partial charge in [-0.1, -0.05) is 35.9 Å². The third-order valence-electron chi connectivity index (χ3n) is 3.64. The lowest BCUT2D eigenvalue weighted by Crippen LogP contribution is -2.13. The van der Waals surface area contributed by atoms with Crippen molar-refractivity contribution < 1.29 is 9.47 Å². The number of aryl methyl sites for hydroxylation is 1. The van der Waals surface area contributed by atoms with Crippen LogP contribution in [0.4, 0.5) is 0 Å². The topological polar surface area (TPSA) is 21.7 Å². The van der Waals surface area contributed by atoms with Crippen LogP contribution in [0.5, 0.6) is 11.5 Å². The van der Waals surface area contributed by atoms with Gasteiger partial charge in [-0.3, -0.25) is 0 Å². The third kappa shape index (κ3) is 5.45. The Hall–Kier alpha value is -1.71. The van der Waals surface area contributed by atoms with Gasteiger partial charge in [-0.2, -0.15) is 0 Å². The number of ether oxygens (including phenoxy) is 2. The standard InChI is InChI=1S/C19H24ClNO2/c1-21(2)12-6-7-15-10-11-18(19(13-15)22-3)23-14-16-8-4-5-9-17(16)20/h4-5,8-11,13H,6-7,12,14H2,1-3H3. The first-order valence-corrected chi connectivity index (χ1v) is 8.16. The minimum atomic E-state index is 0.427. The molecule has 0 saturated heterocycles. The predicted molar refractivity (Wildman–Crippen MR) is 95.7 cm³/mol. The molecule has 2 aromatic rings. The number of nitrogens with zero attached hydrogens (tertiary/aromatic N) is 1. The van der Waals surface area contributed by atoms with E-state index in [4.69, 9.17) is 21.1 Å². The first-order chi connectivity index (χ1) is 11.1. The Kier molecular flexibility index (Phi) is 6.75. The molecule has 0 radical (unpaired) electrons. The summed E-state index contributed by atoms with van der Waals surface area (Å²) in [5.41, 5.74) is 2.22. The summed E-state index contributed by atoms with van der Waals surface area (Å²) >= 11 is 6.16. The molecule has 2 aromatic carbocycles. The summed E-state index contributed by atoms with van der Waals surface area (Å²) in [6.45, 7) is 1.50. The summed E-state index contributed by atoms with van der Waals surface area (Å²) < 4.78 is 11.3. The van der Waals surface area contributed by atoms with Crippen molar-refractivity contribution in [2.75, 3.05) is 27.7 Å². The van der Waals surface area contributed by atoms with Crippen molar-refractivity contribution in [2.24, 2.45) is 0 Å². The largest absolute Gasteiger partial charge is 0.493 e. The summed E-state index contributed by atoms with van der Waals surface area (Å²) in [4.78, 5) is 2.19. The van der Waals surface area contributed by atoms with Crippen molar-refractivity contribution in [1.82, 2.24) is 4.90 Å². The molecule has 0 spiro atoms. The van der Waals surface area contributed by atoms with Crippen molar-refractivity contribution >= 4 is 11.6 Å². The average Bonchev–Trinajstić information content (AvgIpc) is 2.54. The van der Waals surface area contributed by atoms with Crippen LogP contribution in [0.2, 0.25) is 5.02 Å². The number of methoxy groups -OCH3 is 1. The zero-order valence-electron chi connectivity index (χ0n) is 14.0. The molecule has 3 nitrogen and oxygen atoms in total. The van der Waals surface area contributed by atoms with Gasteiger partial charge in [0.05, 0.1) is 7.11 Å². The highest BCUT2D eigenvalue weighted by molar-refractivity contribution is 6.31. The smallest absolute Gasteiger partial charge is 0.161 e. The summed E-state index contributed by atoms with van der Waals surface area (Å²) in [5.74, 6) is 1.50. The maximum atomic E-state index is 6.16. The lowest BCUT2D eigenvalue weighted by atomic mass is 10.1. The fraction of sp³-hybridized carbons (Fsp3) is 0.368. The molecule has 4 heteroatoms. The van der Waals surface area contributed by atoms with Gasteiger partial charge < -0.3 is 14.4 Å². The fourth-order valence-electron chi connectivity index (χ4n) is 2.36. The Morgan fingerprint density at radius 1 is 1.04 bits per heavy atom. The van der Waals surface area contributed by atoms with Crippen LogP contribution in [0.1, 0.15) is 17.5 Å². The second kappa shape index (κ2) is 8.80. The molecule has 0 unspecified atom stereocenters. The number of benzene rings is 2. The van der Waals surface area contributed by atoms with Gasteiger partial charge in [0.2, 0.25) is 0 Å². The second-order valence-electron chi connectivity index (χ2n) is 5.77. The molecule has 0 atom stereocenters. The maximum Gasteiger partial charge on any atom is 0.161 e. The summed E-state index contributed by atoms with van der Waals surface area (Å²) in [7, 11) is 5.85. The van der Waals surface area contributed by atoms with Gasteiger partial charge in [0, 0.05) is 10.6 Å². The lowest BCUT2D eigenvalue weighted by molar-refractivity contribution is 0.284. The van der Waals surface area contributed by atoms with E-state index in [1.165, 1.54) is 5.56 Å². The summed E-state index contributed by atoms with van der Waals surface area (Å²) in [5, 5.41) is 0.715. The van der Waals surface area contributed by atoms with Crippen LogP contribution in [-0.4, -0.2) is 32.6 Å². The van der Waals surface area contributed by atoms with Crippen LogP contribution in [-0.2, 0) is 13.0 Å². The Labute approximate surface area is 143 Å². The van der Waals surface area contributed by atoms with E-state index >= 15 is 0 Å². The van der Waals surface area contributed by atoms with Crippen LogP contribution in [0.15, 0.2) is 42.5 Å². The average molecular weight is 334 g/mol. The lowest BCUT2D eigenvalue weighted by Gasteiger charge is -2.13. The SMILES string of the molecule is COc1cc(CCCN(C)C)ccc1OCc1ccccc1Cl. The Balaban J connectivity index is 2.00. The minimum absolute atomic E-state index is 0.427. The van der Waals surface area contributed by atoms with Gasteiger partial charge >= 0.3 is 0 Å². The molecule has 23 heavy (non-hydrogen) atoms. The zero-order valence-corrected chi connectivity index (χ0v) is 14.8. The van der Waals surface area contributed by atoms with E-state index in [9.17, 15) is 0 Å². The molecule has 124 valence electrons. The Morgan fingerprint density at radius 3 is 2.52 bits per heavy atom. The molecule has 0 aliphatic rings. The molecule has 0 bridgehead atoms. The molecule has 0 aromatic heterocycles. The van der Waals surface area contributed by atoms with Crippen molar-refractivity contribution in [3.05, 3.63) is 58.6 Å². The van der Waals surface area contributed by atoms with Gasteiger partial charge in [0.25, 0.3) is 0 Å². The third-order valence-corrected chi connectivity index (χ3v) is 4.01. The molecule has 0 heterocycles. The minimum Gasteiger partial charge on any atom is -0.493 e. The van der Waals surface area contributed by atoms with Crippen LogP contribution < -0.4 is 9.47 Å². The molecule has 0 amide bonds. The first kappa shape index (κ1) is 17.6. The molecule has 0 N–H and O–H groups in total. The van der Waals surface area contributed by atoms with Gasteiger partial charge in [-0.25, -0.2) is 0 Å². The highest BCUT2D eigenvalue weighted by Gasteiger charge is 2.07. The van der Waals surface area contributed by atoms with E-state index in [0.29, 0.717) is 11.6 Å². The van der Waals surface area contributed by atoms with Gasteiger partial charge in [0.15, 0.2) is 11.5 Å². The van der Waals surface area contributed by atoms with E-state index in [1.807, 2.05) is 30.3 Å². The molecular weight excluding hydrogens is 310 g/mol. The quantitative estimate of drug-likeness (QED) is 0.713. The van der Waals surface area contributed by atoms with E-state index in [1.54, 1.807) is 7.11 Å². The Morgan fingerprint density at radius 2 is 1.83 bits per heavy atom. The molecular formula is C19H24ClNO2. The Bertz CT molecular complexity index is 629. The second-order valence-corrected chi connectivity index (χ2v) is 6.18. The van der Waals surface area contributed by atoms with Crippen molar-refractivity contribution in [3.8, 4) is 11.5 Å². The van der Waals surface area contributed by atoms with Gasteiger partial charge in [-0.05, 0) is 57.2 Å². The van der Waals surface area contributed by atoms with E-state index in [-0.39, 0.29) is 0 Å². The van der Waals surface area contributed by atoms with Gasteiger partial charge in [0.1, 0.15) is 6.61 Å². The molecule has 0 aliphatic heterocycles. The highest BCUT2D eigenvalue weighted by Crippen LogP contribution is 2.30. The molecule has 2 rings (SSSR count). The molecule has 0 aliphatic carbocycles. The maximum absolute atomic E-state index is 6.16. The number of hydrogen-bond donors (Lipinski definition) is 0. The van der Waals surface area contributed by atoms with E-state index in [0.717, 1.165) is 36.4 Å². The molecule has 0 saturated carbocycles. The van der Waals surface area contributed by atoms with Crippen molar-refractivity contribution in [1.29, 1.82) is 0 Å². The van der Waals surface area contributed by atoms with Crippen LogP contribution >= 0.6 is 11.6 Å². The van der Waals surface area contributed by atoms with E-state index in [2.05, 4.69) is 31.1 Å². The summed E-state index contributed by atoms with van der Waals surface area (Å²) in [6.07, 6.45) is 2.15. The van der Waals surface area contributed by atoms with E-state index < -0.39 is 0 Å². The van der Waals surface area contributed by atoms with Crippen LogP contribution in [0.3, 0.4) is 0 Å². The fourth-order valence-corrected chi connectivity index (χ4v) is 2.55.